The van der Waals surface area contributed by atoms with E-state index in [9.17, 15) is 9.59 Å². The average molecular weight is 407 g/mol. The zero-order chi connectivity index (χ0) is 18.8. The monoisotopic (exact) mass is 406 g/mol. The topological polar surface area (TPSA) is 69.9 Å². The zero-order valence-electron chi connectivity index (χ0n) is 16.3. The molecule has 0 spiro atoms. The summed E-state index contributed by atoms with van der Waals surface area (Å²) in [5, 5.41) is 0. The lowest BCUT2D eigenvalue weighted by Gasteiger charge is -2.35. The summed E-state index contributed by atoms with van der Waals surface area (Å²) < 4.78 is 0. The molecule has 1 saturated carbocycles. The lowest BCUT2D eigenvalue weighted by atomic mass is 9.89. The maximum absolute atomic E-state index is 12.8. The number of rotatable bonds is 5. The van der Waals surface area contributed by atoms with Crippen molar-refractivity contribution in [2.45, 2.75) is 18.8 Å². The molecule has 0 aromatic heterocycles. The summed E-state index contributed by atoms with van der Waals surface area (Å²) in [6.45, 7) is 5.54. The molecule has 2 atom stereocenters. The summed E-state index contributed by atoms with van der Waals surface area (Å²) in [4.78, 5) is 31.0. The third kappa shape index (κ3) is 4.67. The van der Waals surface area contributed by atoms with Crippen LogP contribution in [0.1, 0.15) is 24.3 Å². The molecule has 3 fully saturated rings. The number of halogens is 1. The summed E-state index contributed by atoms with van der Waals surface area (Å²) in [6, 6.07) is 10.5. The number of nitrogens with two attached hydrogens (primary N) is 1. The van der Waals surface area contributed by atoms with Gasteiger partial charge in [0.2, 0.25) is 11.8 Å². The Labute approximate surface area is 173 Å². The van der Waals surface area contributed by atoms with Crippen LogP contribution >= 0.6 is 12.4 Å². The molecule has 2 saturated heterocycles. The maximum atomic E-state index is 12.8. The smallest absolute Gasteiger partial charge is 0.236 e. The van der Waals surface area contributed by atoms with E-state index in [1.807, 2.05) is 15.9 Å². The second kappa shape index (κ2) is 9.25. The molecule has 2 amide bonds. The number of carbonyl (C=O) groups excluding carboxylic acids is 2. The van der Waals surface area contributed by atoms with Crippen molar-refractivity contribution in [1.82, 2.24) is 14.7 Å². The van der Waals surface area contributed by atoms with Gasteiger partial charge in [0.25, 0.3) is 0 Å². The molecule has 0 bridgehead atoms. The molecule has 2 aliphatic heterocycles. The van der Waals surface area contributed by atoms with E-state index < -0.39 is 0 Å². The Kier molecular flexibility index (Phi) is 6.96. The summed E-state index contributed by atoms with van der Waals surface area (Å²) in [7, 11) is 0. The molecule has 28 heavy (non-hydrogen) atoms. The van der Waals surface area contributed by atoms with Gasteiger partial charge in [-0.15, -0.1) is 12.4 Å². The molecular weight excluding hydrogens is 376 g/mol. The molecule has 6 nitrogen and oxygen atoms in total. The van der Waals surface area contributed by atoms with Crippen LogP contribution in [0.2, 0.25) is 0 Å². The first-order chi connectivity index (χ1) is 13.2. The van der Waals surface area contributed by atoms with Gasteiger partial charge in [-0.2, -0.15) is 0 Å². The molecule has 1 aromatic rings. The number of amides is 2. The first kappa shape index (κ1) is 21.1. The molecule has 4 rings (SSSR count). The highest BCUT2D eigenvalue weighted by molar-refractivity contribution is 5.85. The van der Waals surface area contributed by atoms with E-state index in [1.165, 1.54) is 5.56 Å². The van der Waals surface area contributed by atoms with Gasteiger partial charge in [-0.3, -0.25) is 14.5 Å². The molecule has 0 unspecified atom stereocenters. The number of benzene rings is 1. The highest BCUT2D eigenvalue weighted by Crippen LogP contribution is 2.32. The van der Waals surface area contributed by atoms with E-state index in [-0.39, 0.29) is 30.1 Å². The van der Waals surface area contributed by atoms with Gasteiger partial charge in [0.15, 0.2) is 0 Å². The maximum Gasteiger partial charge on any atom is 0.236 e. The lowest BCUT2D eigenvalue weighted by Crippen LogP contribution is -2.52. The van der Waals surface area contributed by atoms with Crippen molar-refractivity contribution in [1.29, 1.82) is 0 Å². The Bertz CT molecular complexity index is 674. The van der Waals surface area contributed by atoms with Gasteiger partial charge in [-0.1, -0.05) is 30.3 Å². The molecule has 1 aliphatic carbocycles. The first-order valence-electron chi connectivity index (χ1n) is 10.2. The molecule has 2 N–H and O–H groups in total. The average Bonchev–Trinajstić information content (AvgIpc) is 3.48. The number of hydrogen-bond acceptors (Lipinski definition) is 4. The number of piperazine rings is 1. The number of likely N-dealkylation sites (tertiary alicyclic amines) is 1. The Balaban J connectivity index is 0.00000225. The molecule has 7 heteroatoms. The normalized spacial score (nSPS) is 25.5. The third-order valence-electron chi connectivity index (χ3n) is 6.28. The van der Waals surface area contributed by atoms with Crippen molar-refractivity contribution in [2.24, 2.45) is 17.6 Å². The number of hydrogen-bond donors (Lipinski definition) is 1. The standard InChI is InChI=1S/C21H30N4O2.ClH/c22-12-18-13-23(14-19(18)16-4-2-1-3-5-16)15-20(26)24-8-10-25(11-9-24)21(27)17-6-7-17;/h1-5,17-19H,6-15,22H2;1H/t18-,19+;/m1./s1. The van der Waals surface area contributed by atoms with Crippen LogP contribution in [0.15, 0.2) is 30.3 Å². The van der Waals surface area contributed by atoms with Crippen molar-refractivity contribution in [3.63, 3.8) is 0 Å². The minimum absolute atomic E-state index is 0. The van der Waals surface area contributed by atoms with E-state index in [0.29, 0.717) is 51.1 Å². The molecule has 0 radical (unpaired) electrons. The van der Waals surface area contributed by atoms with Crippen molar-refractivity contribution < 1.29 is 9.59 Å². The zero-order valence-corrected chi connectivity index (χ0v) is 17.2. The Morgan fingerprint density at radius 2 is 1.61 bits per heavy atom. The summed E-state index contributed by atoms with van der Waals surface area (Å²) in [5.74, 6) is 1.53. The second-order valence-electron chi connectivity index (χ2n) is 8.19. The summed E-state index contributed by atoms with van der Waals surface area (Å²) >= 11 is 0. The van der Waals surface area contributed by atoms with Crippen LogP contribution in [-0.2, 0) is 9.59 Å². The largest absolute Gasteiger partial charge is 0.339 e. The van der Waals surface area contributed by atoms with Crippen LogP contribution < -0.4 is 5.73 Å². The van der Waals surface area contributed by atoms with E-state index in [0.717, 1.165) is 25.9 Å². The SMILES string of the molecule is Cl.NC[C@@H]1CN(CC(=O)N2CCN(C(=O)C3CC3)CC2)C[C@H]1c1ccccc1. The van der Waals surface area contributed by atoms with Gasteiger partial charge in [0.1, 0.15) is 0 Å². The fourth-order valence-corrected chi connectivity index (χ4v) is 4.46. The summed E-state index contributed by atoms with van der Waals surface area (Å²) in [6.07, 6.45) is 2.08. The molecule has 154 valence electrons. The summed E-state index contributed by atoms with van der Waals surface area (Å²) in [5.41, 5.74) is 7.33. The van der Waals surface area contributed by atoms with Crippen LogP contribution in [0.5, 0.6) is 0 Å². The Morgan fingerprint density at radius 3 is 2.21 bits per heavy atom. The highest BCUT2D eigenvalue weighted by atomic mass is 35.5. The minimum Gasteiger partial charge on any atom is -0.339 e. The lowest BCUT2D eigenvalue weighted by molar-refractivity contribution is -0.140. The minimum atomic E-state index is 0. The predicted molar refractivity (Wildman–Crippen MR) is 111 cm³/mol. The molecule has 1 aromatic carbocycles. The Hall–Kier alpha value is -1.63. The first-order valence-corrected chi connectivity index (χ1v) is 10.2. The third-order valence-corrected chi connectivity index (χ3v) is 6.28. The number of nitrogens with zero attached hydrogens (tertiary/aromatic N) is 3. The number of carbonyl (C=O) groups is 2. The second-order valence-corrected chi connectivity index (χ2v) is 8.19. The fourth-order valence-electron chi connectivity index (χ4n) is 4.46. The van der Waals surface area contributed by atoms with Crippen LogP contribution in [0.3, 0.4) is 0 Å². The van der Waals surface area contributed by atoms with Gasteiger partial charge >= 0.3 is 0 Å². The van der Waals surface area contributed by atoms with Crippen molar-refractivity contribution in [3.8, 4) is 0 Å². The van der Waals surface area contributed by atoms with Gasteiger partial charge < -0.3 is 15.5 Å². The predicted octanol–water partition coefficient (Wildman–Crippen LogP) is 1.16. The Morgan fingerprint density at radius 1 is 0.964 bits per heavy atom. The van der Waals surface area contributed by atoms with Gasteiger partial charge in [-0.05, 0) is 30.9 Å². The van der Waals surface area contributed by atoms with Gasteiger partial charge in [0, 0.05) is 51.1 Å². The van der Waals surface area contributed by atoms with Crippen LogP contribution in [0.25, 0.3) is 0 Å². The molecule has 3 aliphatic rings. The quantitative estimate of drug-likeness (QED) is 0.796. The molecular formula is C21H31ClN4O2. The van der Waals surface area contributed by atoms with E-state index >= 15 is 0 Å². The van der Waals surface area contributed by atoms with Crippen molar-refractivity contribution in [2.75, 3.05) is 52.4 Å². The molecule has 2 heterocycles. The van der Waals surface area contributed by atoms with Crippen LogP contribution in [0.4, 0.5) is 0 Å². The van der Waals surface area contributed by atoms with Gasteiger partial charge in [0.05, 0.1) is 6.54 Å². The van der Waals surface area contributed by atoms with E-state index in [1.54, 1.807) is 0 Å². The van der Waals surface area contributed by atoms with Crippen molar-refractivity contribution >= 4 is 24.2 Å². The highest BCUT2D eigenvalue weighted by Gasteiger charge is 2.37. The van der Waals surface area contributed by atoms with Crippen LogP contribution in [0, 0.1) is 11.8 Å². The van der Waals surface area contributed by atoms with Gasteiger partial charge in [-0.25, -0.2) is 0 Å². The van der Waals surface area contributed by atoms with E-state index in [4.69, 9.17) is 5.73 Å². The fraction of sp³-hybridized carbons (Fsp3) is 0.619. The van der Waals surface area contributed by atoms with Crippen molar-refractivity contribution in [3.05, 3.63) is 35.9 Å². The van der Waals surface area contributed by atoms with Crippen LogP contribution in [-0.4, -0.2) is 78.9 Å². The van der Waals surface area contributed by atoms with E-state index in [2.05, 4.69) is 29.2 Å².